The van der Waals surface area contributed by atoms with Crippen molar-refractivity contribution in [2.75, 3.05) is 32.1 Å². The molecule has 0 radical (unpaired) electrons. The van der Waals surface area contributed by atoms with Gasteiger partial charge in [0.05, 0.1) is 5.92 Å². The van der Waals surface area contributed by atoms with E-state index in [4.69, 9.17) is 4.74 Å². The highest BCUT2D eigenvalue weighted by Gasteiger charge is 2.41. The molecule has 2 unspecified atom stereocenters. The number of anilines is 1. The highest BCUT2D eigenvalue weighted by molar-refractivity contribution is 5.76. The summed E-state index contributed by atoms with van der Waals surface area (Å²) in [4.78, 5) is 27.4. The first-order valence-electron chi connectivity index (χ1n) is 8.06. The van der Waals surface area contributed by atoms with Gasteiger partial charge in [0, 0.05) is 38.8 Å². The second-order valence-electron chi connectivity index (χ2n) is 7.42. The average molecular weight is 334 g/mol. The van der Waals surface area contributed by atoms with Crippen LogP contribution < -0.4 is 4.90 Å². The molecule has 0 bridgehead atoms. The molecule has 1 aliphatic rings. The Morgan fingerprint density at radius 3 is 2.21 bits per heavy atom. The minimum Gasteiger partial charge on any atom is -0.481 e. The van der Waals surface area contributed by atoms with E-state index >= 15 is 0 Å². The van der Waals surface area contributed by atoms with Gasteiger partial charge in [-0.3, -0.25) is 4.79 Å². The van der Waals surface area contributed by atoms with Crippen molar-refractivity contribution in [3.63, 3.8) is 0 Å². The van der Waals surface area contributed by atoms with Crippen molar-refractivity contribution in [3.8, 4) is 0 Å². The lowest BCUT2D eigenvalue weighted by atomic mass is 9.89. The van der Waals surface area contributed by atoms with Crippen LogP contribution >= 0.6 is 0 Å². The van der Waals surface area contributed by atoms with Gasteiger partial charge in [0.25, 0.3) is 0 Å². The summed E-state index contributed by atoms with van der Waals surface area (Å²) in [6.07, 6.45) is -0.457. The van der Waals surface area contributed by atoms with Crippen LogP contribution in [0.3, 0.4) is 0 Å². The number of benzene rings is 1. The number of hydrogen-bond donors (Lipinski definition) is 1. The summed E-state index contributed by atoms with van der Waals surface area (Å²) in [5, 5.41) is 9.53. The molecule has 0 saturated carbocycles. The van der Waals surface area contributed by atoms with E-state index in [1.165, 1.54) is 4.90 Å². The van der Waals surface area contributed by atoms with Crippen LogP contribution in [0.15, 0.2) is 24.3 Å². The van der Waals surface area contributed by atoms with E-state index in [1.807, 2.05) is 43.3 Å². The zero-order valence-corrected chi connectivity index (χ0v) is 14.9. The van der Waals surface area contributed by atoms with Crippen molar-refractivity contribution < 1.29 is 19.4 Å². The zero-order valence-electron chi connectivity index (χ0n) is 14.9. The Morgan fingerprint density at radius 1 is 1.17 bits per heavy atom. The monoisotopic (exact) mass is 334 g/mol. The molecular formula is C18H26N2O4. The maximum atomic E-state index is 12.3. The average Bonchev–Trinajstić information content (AvgIpc) is 2.91. The maximum Gasteiger partial charge on any atom is 0.410 e. The second kappa shape index (κ2) is 6.71. The van der Waals surface area contributed by atoms with Crippen LogP contribution in [0.4, 0.5) is 10.5 Å². The van der Waals surface area contributed by atoms with Gasteiger partial charge in [-0.2, -0.15) is 0 Å². The van der Waals surface area contributed by atoms with E-state index in [0.717, 1.165) is 11.3 Å². The summed E-state index contributed by atoms with van der Waals surface area (Å²) < 4.78 is 5.37. The van der Waals surface area contributed by atoms with Crippen molar-refractivity contribution in [1.29, 1.82) is 0 Å². The Bertz CT molecular complexity index is 604. The fourth-order valence-electron chi connectivity index (χ4n) is 2.89. The topological polar surface area (TPSA) is 70.1 Å². The lowest BCUT2D eigenvalue weighted by molar-refractivity contribution is -0.141. The number of carboxylic acids is 1. The minimum atomic E-state index is -0.886. The van der Waals surface area contributed by atoms with E-state index in [1.54, 1.807) is 20.8 Å². The molecule has 6 heteroatoms. The maximum absolute atomic E-state index is 12.3. The van der Waals surface area contributed by atoms with E-state index in [0.29, 0.717) is 6.54 Å². The van der Waals surface area contributed by atoms with Gasteiger partial charge in [0.15, 0.2) is 0 Å². The summed E-state index contributed by atoms with van der Waals surface area (Å²) in [6, 6.07) is 7.80. The Morgan fingerprint density at radius 2 is 1.75 bits per heavy atom. The molecule has 0 spiro atoms. The largest absolute Gasteiger partial charge is 0.481 e. The fourth-order valence-corrected chi connectivity index (χ4v) is 2.89. The first-order valence-corrected chi connectivity index (χ1v) is 8.06. The molecule has 6 nitrogen and oxygen atoms in total. The van der Waals surface area contributed by atoms with Gasteiger partial charge in [0.1, 0.15) is 5.60 Å². The van der Waals surface area contributed by atoms with Crippen LogP contribution in [0, 0.1) is 5.92 Å². The lowest BCUT2D eigenvalue weighted by Crippen LogP contribution is -2.35. The Hall–Kier alpha value is -2.24. The van der Waals surface area contributed by atoms with Gasteiger partial charge in [-0.05, 0) is 38.5 Å². The van der Waals surface area contributed by atoms with Crippen LogP contribution in [0.25, 0.3) is 0 Å². The smallest absolute Gasteiger partial charge is 0.410 e. The molecule has 1 amide bonds. The summed E-state index contributed by atoms with van der Waals surface area (Å²) in [5.74, 6) is -1.74. The van der Waals surface area contributed by atoms with Crippen molar-refractivity contribution in [2.45, 2.75) is 32.3 Å². The first kappa shape index (κ1) is 18.1. The molecule has 0 aromatic heterocycles. The van der Waals surface area contributed by atoms with Crippen molar-refractivity contribution in [1.82, 2.24) is 4.90 Å². The quantitative estimate of drug-likeness (QED) is 0.920. The number of aliphatic carboxylic acids is 1. The lowest BCUT2D eigenvalue weighted by Gasteiger charge is -2.24. The van der Waals surface area contributed by atoms with Crippen LogP contribution in [0.2, 0.25) is 0 Å². The van der Waals surface area contributed by atoms with Crippen LogP contribution in [-0.4, -0.2) is 54.9 Å². The summed E-state index contributed by atoms with van der Waals surface area (Å²) in [5.41, 5.74) is 1.38. The second-order valence-corrected chi connectivity index (χ2v) is 7.42. The molecule has 1 aliphatic heterocycles. The number of rotatable bonds is 3. The third-order valence-corrected chi connectivity index (χ3v) is 4.13. The summed E-state index contributed by atoms with van der Waals surface area (Å²) >= 11 is 0. The van der Waals surface area contributed by atoms with Crippen LogP contribution in [-0.2, 0) is 9.53 Å². The van der Waals surface area contributed by atoms with Crippen LogP contribution in [0.5, 0.6) is 0 Å². The Labute approximate surface area is 143 Å². The van der Waals surface area contributed by atoms with E-state index in [-0.39, 0.29) is 12.5 Å². The van der Waals surface area contributed by atoms with Crippen LogP contribution in [0.1, 0.15) is 32.3 Å². The molecule has 2 rings (SSSR count). The van der Waals surface area contributed by atoms with Gasteiger partial charge < -0.3 is 19.6 Å². The molecule has 1 heterocycles. The number of hydrogen-bond acceptors (Lipinski definition) is 4. The molecular weight excluding hydrogens is 308 g/mol. The number of amides is 1. The van der Waals surface area contributed by atoms with Crippen molar-refractivity contribution in [2.24, 2.45) is 5.92 Å². The third kappa shape index (κ3) is 4.19. The number of nitrogens with zero attached hydrogens (tertiary/aromatic N) is 2. The van der Waals surface area contributed by atoms with Gasteiger partial charge in [-0.25, -0.2) is 4.79 Å². The zero-order chi connectivity index (χ0) is 18.1. The van der Waals surface area contributed by atoms with Gasteiger partial charge >= 0.3 is 12.1 Å². The highest BCUT2D eigenvalue weighted by atomic mass is 16.6. The Kier molecular flexibility index (Phi) is 5.06. The number of carbonyl (C=O) groups excluding carboxylic acids is 1. The van der Waals surface area contributed by atoms with Gasteiger partial charge in [-0.15, -0.1) is 0 Å². The predicted octanol–water partition coefficient (Wildman–Crippen LogP) is 2.79. The molecule has 2 atom stereocenters. The van der Waals surface area contributed by atoms with Crippen molar-refractivity contribution >= 4 is 17.7 Å². The van der Waals surface area contributed by atoms with E-state index in [9.17, 15) is 14.7 Å². The minimum absolute atomic E-state index is 0.171. The van der Waals surface area contributed by atoms with Gasteiger partial charge in [0.2, 0.25) is 0 Å². The molecule has 1 N–H and O–H groups in total. The molecule has 1 saturated heterocycles. The standard InChI is InChI=1S/C18H26N2O4/c1-18(2,3)24-17(23)20-10-14(15(11-20)16(21)22)12-6-8-13(9-7-12)19(4)5/h6-9,14-15H,10-11H2,1-5H3,(H,21,22). The molecule has 1 fully saturated rings. The molecule has 132 valence electrons. The fraction of sp³-hybridized carbons (Fsp3) is 0.556. The predicted molar refractivity (Wildman–Crippen MR) is 92.4 cm³/mol. The molecule has 24 heavy (non-hydrogen) atoms. The summed E-state index contributed by atoms with van der Waals surface area (Å²) in [7, 11) is 3.91. The van der Waals surface area contributed by atoms with Crippen molar-refractivity contribution in [3.05, 3.63) is 29.8 Å². The molecule has 1 aromatic rings. The number of carboxylic acid groups (broad SMARTS) is 1. The number of carbonyl (C=O) groups is 2. The highest BCUT2D eigenvalue weighted by Crippen LogP contribution is 2.34. The third-order valence-electron chi connectivity index (χ3n) is 4.13. The SMILES string of the molecule is CN(C)c1ccc(C2CN(C(=O)OC(C)(C)C)CC2C(=O)O)cc1. The number of likely N-dealkylation sites (tertiary alicyclic amines) is 1. The Balaban J connectivity index is 2.19. The molecule has 0 aliphatic carbocycles. The summed E-state index contributed by atoms with van der Waals surface area (Å²) in [6.45, 7) is 5.92. The van der Waals surface area contributed by atoms with E-state index < -0.39 is 23.6 Å². The normalized spacial score (nSPS) is 20.8. The number of ether oxygens (including phenoxy) is 1. The molecule has 1 aromatic carbocycles. The van der Waals surface area contributed by atoms with E-state index in [2.05, 4.69) is 0 Å². The first-order chi connectivity index (χ1) is 11.1. The van der Waals surface area contributed by atoms with Gasteiger partial charge in [-0.1, -0.05) is 12.1 Å².